The molecule has 116 valence electrons. The van der Waals surface area contributed by atoms with Crippen LogP contribution < -0.4 is 5.32 Å². The molecule has 3 heteroatoms. The lowest BCUT2D eigenvalue weighted by Crippen LogP contribution is -2.67. The fourth-order valence-corrected chi connectivity index (χ4v) is 4.44. The number of ether oxygens (including phenoxy) is 1. The van der Waals surface area contributed by atoms with Crippen LogP contribution in [0.1, 0.15) is 65.2 Å². The Labute approximate surface area is 124 Å². The minimum atomic E-state index is 0.275. The van der Waals surface area contributed by atoms with Crippen molar-refractivity contribution in [2.45, 2.75) is 82.4 Å². The van der Waals surface area contributed by atoms with E-state index in [0.29, 0.717) is 11.6 Å². The topological polar surface area (TPSA) is 24.5 Å². The monoisotopic (exact) mass is 280 g/mol. The van der Waals surface area contributed by atoms with Crippen LogP contribution in [0.25, 0.3) is 0 Å². The van der Waals surface area contributed by atoms with Crippen molar-refractivity contribution in [3.8, 4) is 0 Å². The highest BCUT2D eigenvalue weighted by atomic mass is 16.5. The first-order chi connectivity index (χ1) is 9.60. The molecule has 1 aliphatic carbocycles. The van der Waals surface area contributed by atoms with Crippen LogP contribution in [0.5, 0.6) is 0 Å². The van der Waals surface area contributed by atoms with Gasteiger partial charge in [0.25, 0.3) is 0 Å². The fourth-order valence-electron chi connectivity index (χ4n) is 4.44. The molecule has 1 atom stereocenters. The minimum absolute atomic E-state index is 0.275. The van der Waals surface area contributed by atoms with Crippen LogP contribution in [-0.2, 0) is 4.74 Å². The summed E-state index contributed by atoms with van der Waals surface area (Å²) < 4.78 is 5.77. The summed E-state index contributed by atoms with van der Waals surface area (Å²) in [6.07, 6.45) is 11.3. The van der Waals surface area contributed by atoms with Gasteiger partial charge >= 0.3 is 0 Å². The summed E-state index contributed by atoms with van der Waals surface area (Å²) >= 11 is 0. The molecule has 1 saturated carbocycles. The summed E-state index contributed by atoms with van der Waals surface area (Å²) in [5, 5.41) is 3.79. The molecule has 0 aromatic carbocycles. The number of rotatable bonds is 4. The van der Waals surface area contributed by atoms with Gasteiger partial charge in [0.15, 0.2) is 0 Å². The van der Waals surface area contributed by atoms with Gasteiger partial charge in [-0.15, -0.1) is 0 Å². The van der Waals surface area contributed by atoms with Gasteiger partial charge in [-0.2, -0.15) is 0 Å². The van der Waals surface area contributed by atoms with Gasteiger partial charge in [-0.3, -0.25) is 4.90 Å². The fraction of sp³-hybridized carbons (Fsp3) is 1.00. The van der Waals surface area contributed by atoms with Crippen LogP contribution in [0.3, 0.4) is 0 Å². The van der Waals surface area contributed by atoms with E-state index in [1.54, 1.807) is 0 Å². The number of nitrogens with zero attached hydrogens (tertiary/aromatic N) is 1. The Hall–Kier alpha value is -0.120. The zero-order valence-corrected chi connectivity index (χ0v) is 13.4. The van der Waals surface area contributed by atoms with Crippen LogP contribution in [0.2, 0.25) is 0 Å². The lowest BCUT2D eigenvalue weighted by atomic mass is 9.86. The Bertz CT molecular complexity index is 317. The van der Waals surface area contributed by atoms with Crippen LogP contribution in [0.15, 0.2) is 0 Å². The predicted molar refractivity (Wildman–Crippen MR) is 83.1 cm³/mol. The quantitative estimate of drug-likeness (QED) is 0.857. The molecule has 0 bridgehead atoms. The van der Waals surface area contributed by atoms with Crippen molar-refractivity contribution in [2.24, 2.45) is 0 Å². The van der Waals surface area contributed by atoms with E-state index < -0.39 is 0 Å². The second-order valence-corrected chi connectivity index (χ2v) is 7.87. The Balaban J connectivity index is 1.55. The maximum atomic E-state index is 5.77. The number of nitrogens with one attached hydrogen (secondary N) is 1. The molecule has 3 nitrogen and oxygen atoms in total. The molecule has 0 aromatic rings. The van der Waals surface area contributed by atoms with Crippen molar-refractivity contribution in [3.05, 3.63) is 0 Å². The summed E-state index contributed by atoms with van der Waals surface area (Å²) in [6.45, 7) is 9.36. The molecule has 2 saturated heterocycles. The van der Waals surface area contributed by atoms with E-state index >= 15 is 0 Å². The van der Waals surface area contributed by atoms with E-state index in [2.05, 4.69) is 24.1 Å². The van der Waals surface area contributed by atoms with Crippen molar-refractivity contribution < 1.29 is 4.74 Å². The Kier molecular flexibility index (Phi) is 4.40. The first kappa shape index (κ1) is 14.8. The molecule has 0 aromatic heterocycles. The molecular weight excluding hydrogens is 248 g/mol. The van der Waals surface area contributed by atoms with E-state index in [9.17, 15) is 0 Å². The summed E-state index contributed by atoms with van der Waals surface area (Å²) in [7, 11) is 0. The molecule has 3 fully saturated rings. The molecule has 1 spiro atoms. The summed E-state index contributed by atoms with van der Waals surface area (Å²) in [5.74, 6) is 0. The normalized spacial score (nSPS) is 33.0. The third-order valence-electron chi connectivity index (χ3n) is 5.67. The smallest absolute Gasteiger partial charge is 0.0576 e. The molecule has 20 heavy (non-hydrogen) atoms. The Morgan fingerprint density at radius 2 is 2.00 bits per heavy atom. The third kappa shape index (κ3) is 3.20. The van der Waals surface area contributed by atoms with Crippen LogP contribution in [0, 0.1) is 0 Å². The zero-order chi connectivity index (χ0) is 14.1. The lowest BCUT2D eigenvalue weighted by Gasteiger charge is -2.51. The third-order valence-corrected chi connectivity index (χ3v) is 5.67. The maximum absolute atomic E-state index is 5.77. The molecule has 1 unspecified atom stereocenters. The van der Waals surface area contributed by atoms with Crippen molar-refractivity contribution in [3.63, 3.8) is 0 Å². The van der Waals surface area contributed by atoms with E-state index in [-0.39, 0.29) is 5.54 Å². The van der Waals surface area contributed by atoms with Gasteiger partial charge in [0.05, 0.1) is 6.10 Å². The predicted octanol–water partition coefficient (Wildman–Crippen LogP) is 2.94. The first-order valence-electron chi connectivity index (χ1n) is 8.71. The molecule has 3 rings (SSSR count). The van der Waals surface area contributed by atoms with Gasteiger partial charge in [-0.25, -0.2) is 0 Å². The molecule has 2 aliphatic heterocycles. The van der Waals surface area contributed by atoms with Gasteiger partial charge in [0.2, 0.25) is 0 Å². The van der Waals surface area contributed by atoms with E-state index in [1.165, 1.54) is 71.0 Å². The van der Waals surface area contributed by atoms with Crippen molar-refractivity contribution in [1.82, 2.24) is 10.2 Å². The van der Waals surface area contributed by atoms with Gasteiger partial charge < -0.3 is 10.1 Å². The second kappa shape index (κ2) is 5.94. The lowest BCUT2D eigenvalue weighted by molar-refractivity contribution is 0.0137. The van der Waals surface area contributed by atoms with Gasteiger partial charge in [0, 0.05) is 30.8 Å². The Morgan fingerprint density at radius 1 is 1.20 bits per heavy atom. The highest BCUT2D eigenvalue weighted by molar-refractivity contribution is 5.04. The SMILES string of the molecule is CC1(C)CN(CCCC2CCCO2)C2(CCCC2)CN1. The largest absolute Gasteiger partial charge is 0.378 e. The molecule has 0 amide bonds. The maximum Gasteiger partial charge on any atom is 0.0576 e. The van der Waals surface area contributed by atoms with Gasteiger partial charge in [-0.05, 0) is 58.9 Å². The van der Waals surface area contributed by atoms with E-state index in [0.717, 1.165) is 6.61 Å². The molecule has 1 N–H and O–H groups in total. The first-order valence-corrected chi connectivity index (χ1v) is 8.71. The van der Waals surface area contributed by atoms with Crippen molar-refractivity contribution >= 4 is 0 Å². The second-order valence-electron chi connectivity index (χ2n) is 7.87. The van der Waals surface area contributed by atoms with Gasteiger partial charge in [0.1, 0.15) is 0 Å². The Morgan fingerprint density at radius 3 is 2.70 bits per heavy atom. The number of hydrogen-bond acceptors (Lipinski definition) is 3. The number of hydrogen-bond donors (Lipinski definition) is 1. The van der Waals surface area contributed by atoms with Crippen molar-refractivity contribution in [1.29, 1.82) is 0 Å². The molecule has 2 heterocycles. The van der Waals surface area contributed by atoms with Crippen LogP contribution >= 0.6 is 0 Å². The van der Waals surface area contributed by atoms with Crippen molar-refractivity contribution in [2.75, 3.05) is 26.2 Å². The summed E-state index contributed by atoms with van der Waals surface area (Å²) in [5.41, 5.74) is 0.754. The highest BCUT2D eigenvalue weighted by Crippen LogP contribution is 2.38. The summed E-state index contributed by atoms with van der Waals surface area (Å²) in [4.78, 5) is 2.82. The molecule has 3 aliphatic rings. The van der Waals surface area contributed by atoms with E-state index in [4.69, 9.17) is 4.74 Å². The molecular formula is C17H32N2O. The minimum Gasteiger partial charge on any atom is -0.378 e. The average molecular weight is 280 g/mol. The molecule has 0 radical (unpaired) electrons. The average Bonchev–Trinajstić information content (AvgIpc) is 3.06. The van der Waals surface area contributed by atoms with Crippen LogP contribution in [-0.4, -0.2) is 48.3 Å². The van der Waals surface area contributed by atoms with Gasteiger partial charge in [-0.1, -0.05) is 12.8 Å². The standard InChI is InChI=1S/C17H32N2O/c1-16(2)14-19(11-5-7-15-8-6-12-20-15)17(13-18-16)9-3-4-10-17/h15,18H,3-14H2,1-2H3. The summed E-state index contributed by atoms with van der Waals surface area (Å²) in [6, 6.07) is 0. The number of piperazine rings is 1. The van der Waals surface area contributed by atoms with Crippen LogP contribution in [0.4, 0.5) is 0 Å². The zero-order valence-electron chi connectivity index (χ0n) is 13.4. The van der Waals surface area contributed by atoms with E-state index in [1.807, 2.05) is 0 Å². The highest BCUT2D eigenvalue weighted by Gasteiger charge is 2.45.